The summed E-state index contributed by atoms with van der Waals surface area (Å²) >= 11 is 8.94. The Kier molecular flexibility index (Phi) is 7.78. The average molecular weight is 357 g/mol. The van der Waals surface area contributed by atoms with Gasteiger partial charge >= 0.3 is 0 Å². The van der Waals surface area contributed by atoms with Gasteiger partial charge in [-0.25, -0.2) is 0 Å². The van der Waals surface area contributed by atoms with E-state index in [4.69, 9.17) is 16.9 Å². The van der Waals surface area contributed by atoms with Crippen molar-refractivity contribution in [1.82, 2.24) is 10.6 Å². The van der Waals surface area contributed by atoms with Crippen molar-refractivity contribution in [3.8, 4) is 6.07 Å². The summed E-state index contributed by atoms with van der Waals surface area (Å²) in [6.45, 7) is 0.979. The SMILES string of the molecule is N#C/C(=C/NCCc1ccccc1Br)C(=O)NCCCl. The van der Waals surface area contributed by atoms with Gasteiger partial charge in [-0.1, -0.05) is 34.1 Å². The Morgan fingerprint density at radius 2 is 2.15 bits per heavy atom. The first kappa shape index (κ1) is 16.5. The first-order valence-corrected chi connectivity index (χ1v) is 7.43. The first-order chi connectivity index (χ1) is 9.69. The van der Waals surface area contributed by atoms with Crippen molar-refractivity contribution in [2.75, 3.05) is 19.0 Å². The second-order valence-corrected chi connectivity index (χ2v) is 5.14. The molecule has 0 saturated heterocycles. The molecule has 2 N–H and O–H groups in total. The van der Waals surface area contributed by atoms with Crippen LogP contribution < -0.4 is 10.6 Å². The first-order valence-electron chi connectivity index (χ1n) is 6.10. The fourth-order valence-electron chi connectivity index (χ4n) is 1.49. The van der Waals surface area contributed by atoms with Gasteiger partial charge in [-0.3, -0.25) is 4.79 Å². The van der Waals surface area contributed by atoms with Crippen LogP contribution in [0, 0.1) is 11.3 Å². The second-order valence-electron chi connectivity index (χ2n) is 3.91. The zero-order chi connectivity index (χ0) is 14.8. The number of nitrogens with one attached hydrogen (secondary N) is 2. The zero-order valence-corrected chi connectivity index (χ0v) is 13.2. The number of benzene rings is 1. The molecule has 0 aromatic heterocycles. The van der Waals surface area contributed by atoms with Crippen LogP contribution in [0.4, 0.5) is 0 Å². The van der Waals surface area contributed by atoms with Crippen molar-refractivity contribution in [2.45, 2.75) is 6.42 Å². The lowest BCUT2D eigenvalue weighted by atomic mass is 10.1. The number of carbonyl (C=O) groups is 1. The van der Waals surface area contributed by atoms with Crippen molar-refractivity contribution >= 4 is 33.4 Å². The number of hydrogen-bond acceptors (Lipinski definition) is 3. The van der Waals surface area contributed by atoms with Crippen LogP contribution in [0.1, 0.15) is 5.56 Å². The van der Waals surface area contributed by atoms with Gasteiger partial charge in [-0.2, -0.15) is 5.26 Å². The third kappa shape index (κ3) is 5.64. The minimum Gasteiger partial charge on any atom is -0.389 e. The van der Waals surface area contributed by atoms with Crippen LogP contribution >= 0.6 is 27.5 Å². The van der Waals surface area contributed by atoms with E-state index in [0.717, 1.165) is 10.9 Å². The Morgan fingerprint density at radius 3 is 2.80 bits per heavy atom. The molecule has 0 atom stereocenters. The quantitative estimate of drug-likeness (QED) is 0.341. The number of rotatable bonds is 7. The van der Waals surface area contributed by atoms with Crippen LogP contribution in [0.15, 0.2) is 40.5 Å². The van der Waals surface area contributed by atoms with Gasteiger partial charge in [0.1, 0.15) is 11.6 Å². The highest BCUT2D eigenvalue weighted by atomic mass is 79.9. The minimum absolute atomic E-state index is 0.0437. The van der Waals surface area contributed by atoms with Gasteiger partial charge in [0.05, 0.1) is 0 Å². The van der Waals surface area contributed by atoms with E-state index in [0.29, 0.717) is 19.0 Å². The highest BCUT2D eigenvalue weighted by Crippen LogP contribution is 2.15. The van der Waals surface area contributed by atoms with E-state index < -0.39 is 5.91 Å². The monoisotopic (exact) mass is 355 g/mol. The Labute approximate surface area is 131 Å². The molecule has 0 bridgehead atoms. The van der Waals surface area contributed by atoms with E-state index in [9.17, 15) is 4.79 Å². The number of alkyl halides is 1. The van der Waals surface area contributed by atoms with Crippen LogP contribution in [0.3, 0.4) is 0 Å². The largest absolute Gasteiger partial charge is 0.389 e. The maximum absolute atomic E-state index is 11.5. The topological polar surface area (TPSA) is 64.9 Å². The number of halogens is 2. The third-order valence-corrected chi connectivity index (χ3v) is 3.45. The van der Waals surface area contributed by atoms with E-state index in [-0.39, 0.29) is 5.57 Å². The smallest absolute Gasteiger partial charge is 0.263 e. The van der Waals surface area contributed by atoms with Gasteiger partial charge in [-0.05, 0) is 18.1 Å². The Balaban J connectivity index is 2.45. The molecule has 0 fully saturated rings. The molecule has 1 amide bonds. The highest BCUT2D eigenvalue weighted by Gasteiger charge is 2.07. The molecule has 1 aromatic rings. The van der Waals surface area contributed by atoms with E-state index in [2.05, 4.69) is 26.6 Å². The lowest BCUT2D eigenvalue weighted by molar-refractivity contribution is -0.117. The summed E-state index contributed by atoms with van der Waals surface area (Å²) in [7, 11) is 0. The summed E-state index contributed by atoms with van der Waals surface area (Å²) in [6.07, 6.45) is 2.22. The van der Waals surface area contributed by atoms with Gasteiger partial charge in [0.2, 0.25) is 0 Å². The molecule has 0 aliphatic heterocycles. The molecule has 0 spiro atoms. The maximum Gasteiger partial charge on any atom is 0.263 e. The van der Waals surface area contributed by atoms with Crippen molar-refractivity contribution < 1.29 is 4.79 Å². The lowest BCUT2D eigenvalue weighted by Gasteiger charge is -2.05. The van der Waals surface area contributed by atoms with Crippen molar-refractivity contribution in [2.24, 2.45) is 0 Å². The summed E-state index contributed by atoms with van der Waals surface area (Å²) in [4.78, 5) is 11.5. The molecule has 6 heteroatoms. The van der Waals surface area contributed by atoms with Crippen LogP contribution in [-0.2, 0) is 11.2 Å². The van der Waals surface area contributed by atoms with Crippen LogP contribution in [0.5, 0.6) is 0 Å². The zero-order valence-electron chi connectivity index (χ0n) is 10.8. The second kappa shape index (κ2) is 9.40. The van der Waals surface area contributed by atoms with Crippen molar-refractivity contribution in [3.63, 3.8) is 0 Å². The number of hydrogen-bond donors (Lipinski definition) is 2. The third-order valence-electron chi connectivity index (χ3n) is 2.49. The molecule has 0 unspecified atom stereocenters. The molecular weight excluding hydrogens is 342 g/mol. The summed E-state index contributed by atoms with van der Waals surface area (Å²) in [6, 6.07) is 9.78. The molecule has 0 aliphatic carbocycles. The molecule has 1 rings (SSSR count). The molecule has 106 valence electrons. The summed E-state index contributed by atoms with van der Waals surface area (Å²) in [5.41, 5.74) is 1.21. The summed E-state index contributed by atoms with van der Waals surface area (Å²) < 4.78 is 1.05. The normalized spacial score (nSPS) is 10.8. The molecule has 0 saturated carbocycles. The molecule has 4 nitrogen and oxygen atoms in total. The summed E-state index contributed by atoms with van der Waals surface area (Å²) in [5, 5.41) is 14.4. The summed E-state index contributed by atoms with van der Waals surface area (Å²) in [5.74, 6) is -0.0959. The van der Waals surface area contributed by atoms with Crippen LogP contribution in [0.2, 0.25) is 0 Å². The van der Waals surface area contributed by atoms with Crippen LogP contribution in [-0.4, -0.2) is 24.9 Å². The maximum atomic E-state index is 11.5. The standard InChI is InChI=1S/C14H15BrClN3O/c15-13-4-2-1-3-11(13)5-7-18-10-12(9-17)14(20)19-8-6-16/h1-4,10,18H,5-8H2,(H,19,20)/b12-10-. The van der Waals surface area contributed by atoms with Crippen molar-refractivity contribution in [3.05, 3.63) is 46.1 Å². The minimum atomic E-state index is -0.415. The van der Waals surface area contributed by atoms with Gasteiger partial charge in [0, 0.05) is 29.6 Å². The number of nitrogens with zero attached hydrogens (tertiary/aromatic N) is 1. The molecular formula is C14H15BrClN3O. The molecule has 0 heterocycles. The van der Waals surface area contributed by atoms with Crippen LogP contribution in [0.25, 0.3) is 0 Å². The van der Waals surface area contributed by atoms with E-state index in [1.54, 1.807) is 0 Å². The fourth-order valence-corrected chi connectivity index (χ4v) is 2.06. The molecule has 1 aromatic carbocycles. The van der Waals surface area contributed by atoms with E-state index >= 15 is 0 Å². The van der Waals surface area contributed by atoms with E-state index in [1.165, 1.54) is 11.8 Å². The Morgan fingerprint density at radius 1 is 1.40 bits per heavy atom. The number of amides is 1. The van der Waals surface area contributed by atoms with Gasteiger partial charge in [0.15, 0.2) is 0 Å². The predicted octanol–water partition coefficient (Wildman–Crippen LogP) is 2.34. The molecule has 0 aliphatic rings. The number of carbonyl (C=O) groups excluding carboxylic acids is 1. The fraction of sp³-hybridized carbons (Fsp3) is 0.286. The number of nitriles is 1. The van der Waals surface area contributed by atoms with Crippen molar-refractivity contribution in [1.29, 1.82) is 5.26 Å². The van der Waals surface area contributed by atoms with Gasteiger partial charge in [-0.15, -0.1) is 11.6 Å². The molecule has 0 radical (unpaired) electrons. The average Bonchev–Trinajstić information content (AvgIpc) is 2.46. The van der Waals surface area contributed by atoms with Gasteiger partial charge in [0.25, 0.3) is 5.91 Å². The highest BCUT2D eigenvalue weighted by molar-refractivity contribution is 9.10. The lowest BCUT2D eigenvalue weighted by Crippen LogP contribution is -2.27. The van der Waals surface area contributed by atoms with Gasteiger partial charge < -0.3 is 10.6 Å². The molecule has 20 heavy (non-hydrogen) atoms. The van der Waals surface area contributed by atoms with E-state index in [1.807, 2.05) is 30.3 Å². The Bertz CT molecular complexity index is 525. The Hall–Kier alpha value is -1.51. The predicted molar refractivity (Wildman–Crippen MR) is 83.3 cm³/mol.